The number of nitrogens with two attached hydrogens (primary N) is 1. The summed E-state index contributed by atoms with van der Waals surface area (Å²) in [6.07, 6.45) is -9.55. The predicted octanol–water partition coefficient (Wildman–Crippen LogP) is 0.684. The van der Waals surface area contributed by atoms with E-state index in [2.05, 4.69) is 10.5 Å². The standard InChI is InChI=1S/C4H6F3NO2.C2HF3O2/c5-4(6,7)2-10-3(9)1-8;3-2(4,5)1(6)7/h1-2,8H2;(H,6,7). The van der Waals surface area contributed by atoms with Crippen molar-refractivity contribution in [3.8, 4) is 0 Å². The van der Waals surface area contributed by atoms with Crippen molar-refractivity contribution < 1.29 is 45.8 Å². The summed E-state index contributed by atoms with van der Waals surface area (Å²) in [6, 6.07) is 0. The van der Waals surface area contributed by atoms with E-state index in [0.29, 0.717) is 0 Å². The molecular weight excluding hydrogens is 264 g/mol. The van der Waals surface area contributed by atoms with Crippen LogP contribution in [0.15, 0.2) is 0 Å². The second-order valence-corrected chi connectivity index (χ2v) is 2.28. The van der Waals surface area contributed by atoms with E-state index in [1.165, 1.54) is 0 Å². The zero-order valence-electron chi connectivity index (χ0n) is 7.93. The molecule has 5 nitrogen and oxygen atoms in total. The van der Waals surface area contributed by atoms with Gasteiger partial charge in [-0.2, -0.15) is 26.3 Å². The Morgan fingerprint density at radius 3 is 1.65 bits per heavy atom. The number of esters is 1. The fraction of sp³-hybridized carbons (Fsp3) is 0.667. The average molecular weight is 271 g/mol. The quantitative estimate of drug-likeness (QED) is 0.569. The second-order valence-electron chi connectivity index (χ2n) is 2.28. The molecule has 0 amide bonds. The van der Waals surface area contributed by atoms with Crippen molar-refractivity contribution in [3.05, 3.63) is 0 Å². The fourth-order valence-corrected chi connectivity index (χ4v) is 0.221. The Hall–Kier alpha value is -1.52. The van der Waals surface area contributed by atoms with Crippen LogP contribution in [-0.2, 0) is 14.3 Å². The first-order valence-electron chi connectivity index (χ1n) is 3.62. The van der Waals surface area contributed by atoms with Crippen molar-refractivity contribution in [2.75, 3.05) is 13.2 Å². The van der Waals surface area contributed by atoms with Gasteiger partial charge in [-0.05, 0) is 0 Å². The van der Waals surface area contributed by atoms with Crippen LogP contribution in [-0.4, -0.2) is 42.5 Å². The monoisotopic (exact) mass is 271 g/mol. The van der Waals surface area contributed by atoms with Gasteiger partial charge in [-0.25, -0.2) is 4.79 Å². The molecule has 0 saturated heterocycles. The highest BCUT2D eigenvalue weighted by molar-refractivity contribution is 5.73. The van der Waals surface area contributed by atoms with E-state index in [1.807, 2.05) is 0 Å². The van der Waals surface area contributed by atoms with Gasteiger partial charge >= 0.3 is 24.3 Å². The van der Waals surface area contributed by atoms with Gasteiger partial charge in [0.15, 0.2) is 6.61 Å². The smallest absolute Gasteiger partial charge is 0.475 e. The highest BCUT2D eigenvalue weighted by atomic mass is 19.4. The molecule has 0 rings (SSSR count). The van der Waals surface area contributed by atoms with Crippen LogP contribution in [0.5, 0.6) is 0 Å². The first-order chi connectivity index (χ1) is 7.40. The van der Waals surface area contributed by atoms with E-state index in [0.717, 1.165) is 0 Å². The number of carbonyl (C=O) groups is 2. The molecule has 0 aromatic rings. The number of ether oxygens (including phenoxy) is 1. The van der Waals surface area contributed by atoms with E-state index in [1.54, 1.807) is 0 Å². The molecule has 0 heterocycles. The third kappa shape index (κ3) is 14.5. The molecule has 102 valence electrons. The van der Waals surface area contributed by atoms with Gasteiger partial charge in [0.1, 0.15) is 0 Å². The molecule has 0 radical (unpaired) electrons. The van der Waals surface area contributed by atoms with Gasteiger partial charge in [-0.1, -0.05) is 0 Å². The Kier molecular flexibility index (Phi) is 7.29. The number of carboxylic acids is 1. The molecule has 0 fully saturated rings. The zero-order valence-corrected chi connectivity index (χ0v) is 7.93. The maximum absolute atomic E-state index is 11.2. The molecule has 3 N–H and O–H groups in total. The predicted molar refractivity (Wildman–Crippen MR) is 39.8 cm³/mol. The third-order valence-electron chi connectivity index (χ3n) is 0.806. The molecule has 0 aliphatic rings. The molecule has 0 spiro atoms. The molecule has 17 heavy (non-hydrogen) atoms. The molecule has 0 saturated carbocycles. The molecule has 0 aliphatic carbocycles. The van der Waals surface area contributed by atoms with Gasteiger partial charge in [-0.15, -0.1) is 0 Å². The number of carboxylic acid groups (broad SMARTS) is 1. The lowest BCUT2D eigenvalue weighted by Crippen LogP contribution is -2.24. The fourth-order valence-electron chi connectivity index (χ4n) is 0.221. The van der Waals surface area contributed by atoms with Crippen molar-refractivity contribution in [2.24, 2.45) is 5.73 Å². The Bertz CT molecular complexity index is 260. The normalized spacial score (nSPS) is 11.2. The second kappa shape index (κ2) is 6.93. The van der Waals surface area contributed by atoms with Crippen molar-refractivity contribution in [1.82, 2.24) is 0 Å². The molecular formula is C6H7F6NO4. The number of halogens is 6. The summed E-state index contributed by atoms with van der Waals surface area (Å²) in [5.74, 6) is -3.81. The average Bonchev–Trinajstić information content (AvgIpc) is 2.12. The van der Waals surface area contributed by atoms with E-state index in [-0.39, 0.29) is 0 Å². The van der Waals surface area contributed by atoms with Crippen molar-refractivity contribution in [1.29, 1.82) is 0 Å². The van der Waals surface area contributed by atoms with Crippen LogP contribution >= 0.6 is 0 Å². The maximum Gasteiger partial charge on any atom is 0.490 e. The Morgan fingerprint density at radius 1 is 1.12 bits per heavy atom. The third-order valence-corrected chi connectivity index (χ3v) is 0.806. The first kappa shape index (κ1) is 17.9. The van der Waals surface area contributed by atoms with Crippen molar-refractivity contribution >= 4 is 11.9 Å². The van der Waals surface area contributed by atoms with Crippen LogP contribution in [0, 0.1) is 0 Å². The van der Waals surface area contributed by atoms with E-state index in [9.17, 15) is 31.1 Å². The van der Waals surface area contributed by atoms with Crippen LogP contribution in [0.3, 0.4) is 0 Å². The Morgan fingerprint density at radius 2 is 1.47 bits per heavy atom. The number of alkyl halides is 6. The lowest BCUT2D eigenvalue weighted by molar-refractivity contribution is -0.192. The van der Waals surface area contributed by atoms with Crippen LogP contribution in [0.2, 0.25) is 0 Å². The van der Waals surface area contributed by atoms with Crippen LogP contribution in [0.25, 0.3) is 0 Å². The van der Waals surface area contributed by atoms with Crippen LogP contribution < -0.4 is 5.73 Å². The highest BCUT2D eigenvalue weighted by Gasteiger charge is 2.38. The van der Waals surface area contributed by atoms with Gasteiger partial charge in [0.25, 0.3) is 0 Å². The molecule has 0 unspecified atom stereocenters. The summed E-state index contributed by atoms with van der Waals surface area (Å²) in [7, 11) is 0. The first-order valence-corrected chi connectivity index (χ1v) is 3.62. The molecule has 0 aromatic carbocycles. The Labute approximate surface area is 90.1 Å². The van der Waals surface area contributed by atoms with Crippen molar-refractivity contribution in [2.45, 2.75) is 12.4 Å². The molecule has 0 aliphatic heterocycles. The van der Waals surface area contributed by atoms with Gasteiger partial charge in [0.05, 0.1) is 6.54 Å². The highest BCUT2D eigenvalue weighted by Crippen LogP contribution is 2.14. The summed E-state index contributed by atoms with van der Waals surface area (Å²) in [5, 5.41) is 7.12. The zero-order chi connectivity index (χ0) is 14.3. The van der Waals surface area contributed by atoms with Gasteiger partial charge in [-0.3, -0.25) is 4.79 Å². The summed E-state index contributed by atoms with van der Waals surface area (Å²) in [4.78, 5) is 18.9. The number of aliphatic carboxylic acids is 1. The number of carbonyl (C=O) groups excluding carboxylic acids is 1. The number of rotatable bonds is 2. The SMILES string of the molecule is NCC(=O)OCC(F)(F)F.O=C(O)C(F)(F)F. The minimum atomic E-state index is -5.08. The van der Waals surface area contributed by atoms with Gasteiger partial charge in [0.2, 0.25) is 0 Å². The van der Waals surface area contributed by atoms with Crippen LogP contribution in [0.1, 0.15) is 0 Å². The Balaban J connectivity index is 0. The molecule has 0 atom stereocenters. The minimum absolute atomic E-state index is 0.532. The topological polar surface area (TPSA) is 89.6 Å². The van der Waals surface area contributed by atoms with Crippen molar-refractivity contribution in [3.63, 3.8) is 0 Å². The summed E-state index contributed by atoms with van der Waals surface area (Å²) in [6.45, 7) is -2.10. The van der Waals surface area contributed by atoms with E-state index < -0.39 is 37.4 Å². The number of hydrogen-bond donors (Lipinski definition) is 2. The lowest BCUT2D eigenvalue weighted by Gasteiger charge is -2.05. The number of hydrogen-bond acceptors (Lipinski definition) is 4. The molecule has 0 bridgehead atoms. The largest absolute Gasteiger partial charge is 0.490 e. The summed E-state index contributed by atoms with van der Waals surface area (Å²) in [5.41, 5.74) is 4.66. The maximum atomic E-state index is 11.2. The lowest BCUT2D eigenvalue weighted by atomic mass is 10.6. The molecule has 0 aromatic heterocycles. The van der Waals surface area contributed by atoms with Gasteiger partial charge < -0.3 is 15.6 Å². The van der Waals surface area contributed by atoms with Crippen LogP contribution in [0.4, 0.5) is 26.3 Å². The summed E-state index contributed by atoms with van der Waals surface area (Å²) < 4.78 is 69.1. The summed E-state index contributed by atoms with van der Waals surface area (Å²) >= 11 is 0. The minimum Gasteiger partial charge on any atom is -0.475 e. The van der Waals surface area contributed by atoms with E-state index in [4.69, 9.17) is 9.90 Å². The molecule has 11 heteroatoms. The van der Waals surface area contributed by atoms with E-state index >= 15 is 0 Å². The van der Waals surface area contributed by atoms with Gasteiger partial charge in [0, 0.05) is 0 Å².